The van der Waals surface area contributed by atoms with Gasteiger partial charge in [0.2, 0.25) is 0 Å². The minimum absolute atomic E-state index is 0.0450. The lowest BCUT2D eigenvalue weighted by Crippen LogP contribution is -2.47. The van der Waals surface area contributed by atoms with Crippen molar-refractivity contribution in [3.8, 4) is 0 Å². The Hall–Kier alpha value is -2.60. The van der Waals surface area contributed by atoms with Crippen LogP contribution >= 0.6 is 0 Å². The quantitative estimate of drug-likeness (QED) is 0.830. The number of carbonyl (C=O) groups excluding carboxylic acids is 1. The van der Waals surface area contributed by atoms with Crippen LogP contribution in [0.25, 0.3) is 0 Å². The molecule has 2 aliphatic heterocycles. The van der Waals surface area contributed by atoms with E-state index in [-0.39, 0.29) is 5.91 Å². The first-order valence-corrected chi connectivity index (χ1v) is 9.69. The summed E-state index contributed by atoms with van der Waals surface area (Å²) in [4.78, 5) is 26.0. The predicted molar refractivity (Wildman–Crippen MR) is 109 cm³/mol. The van der Waals surface area contributed by atoms with Gasteiger partial charge < -0.3 is 19.6 Å². The van der Waals surface area contributed by atoms with Crippen molar-refractivity contribution in [1.82, 2.24) is 14.8 Å². The number of nitrogens with zero attached hydrogens (tertiary/aromatic N) is 5. The number of pyridine rings is 1. The first-order chi connectivity index (χ1) is 13.2. The van der Waals surface area contributed by atoms with Crippen molar-refractivity contribution in [2.75, 3.05) is 69.2 Å². The number of carbonyl (C=O) groups is 1. The maximum absolute atomic E-state index is 12.6. The normalized spacial score (nSPS) is 18.6. The standard InChI is InChI=1S/C21H27N5O/c1-23-9-11-26(12-10-23)21(27)20-8-7-19(17-22-20)25-15-13-24(14-16-25)18-5-3-2-4-6-18/h2-8,17H,9-16H2,1H3. The van der Waals surface area contributed by atoms with Crippen molar-refractivity contribution in [1.29, 1.82) is 0 Å². The highest BCUT2D eigenvalue weighted by Crippen LogP contribution is 2.20. The number of hydrogen-bond donors (Lipinski definition) is 0. The average Bonchev–Trinajstić information content (AvgIpc) is 2.75. The van der Waals surface area contributed by atoms with Gasteiger partial charge in [-0.05, 0) is 31.3 Å². The van der Waals surface area contributed by atoms with E-state index in [4.69, 9.17) is 0 Å². The number of amides is 1. The summed E-state index contributed by atoms with van der Waals surface area (Å²) in [5.74, 6) is 0.0450. The number of para-hydroxylation sites is 1. The fourth-order valence-electron chi connectivity index (χ4n) is 3.73. The highest BCUT2D eigenvalue weighted by molar-refractivity contribution is 5.92. The summed E-state index contributed by atoms with van der Waals surface area (Å²) < 4.78 is 0. The molecule has 4 rings (SSSR count). The molecule has 0 radical (unpaired) electrons. The first-order valence-electron chi connectivity index (χ1n) is 9.69. The number of piperazine rings is 2. The number of hydrogen-bond acceptors (Lipinski definition) is 5. The summed E-state index contributed by atoms with van der Waals surface area (Å²) in [6, 6.07) is 14.5. The molecule has 0 saturated carbocycles. The summed E-state index contributed by atoms with van der Waals surface area (Å²) in [5, 5.41) is 0. The topological polar surface area (TPSA) is 42.9 Å². The fourth-order valence-corrected chi connectivity index (χ4v) is 3.73. The Balaban J connectivity index is 1.35. The molecule has 0 aliphatic carbocycles. The maximum Gasteiger partial charge on any atom is 0.272 e. The fraction of sp³-hybridized carbons (Fsp3) is 0.429. The molecule has 6 heteroatoms. The second-order valence-corrected chi connectivity index (χ2v) is 7.31. The zero-order chi connectivity index (χ0) is 18.6. The molecule has 1 aromatic heterocycles. The molecular weight excluding hydrogens is 338 g/mol. The van der Waals surface area contributed by atoms with E-state index < -0.39 is 0 Å². The van der Waals surface area contributed by atoms with Crippen molar-refractivity contribution in [3.63, 3.8) is 0 Å². The van der Waals surface area contributed by atoms with Gasteiger partial charge in [-0.3, -0.25) is 4.79 Å². The zero-order valence-corrected chi connectivity index (χ0v) is 15.9. The monoisotopic (exact) mass is 365 g/mol. The summed E-state index contributed by atoms with van der Waals surface area (Å²) in [6.07, 6.45) is 1.85. The van der Waals surface area contributed by atoms with Gasteiger partial charge in [0.05, 0.1) is 11.9 Å². The SMILES string of the molecule is CN1CCN(C(=O)c2ccc(N3CCN(c4ccccc4)CC3)cn2)CC1. The smallest absolute Gasteiger partial charge is 0.272 e. The van der Waals surface area contributed by atoms with Crippen LogP contribution in [-0.4, -0.2) is 80.1 Å². The van der Waals surface area contributed by atoms with Crippen molar-refractivity contribution >= 4 is 17.3 Å². The molecule has 2 saturated heterocycles. The molecular formula is C21H27N5O. The Morgan fingerprint density at radius 1 is 0.778 bits per heavy atom. The maximum atomic E-state index is 12.6. The van der Waals surface area contributed by atoms with E-state index in [0.29, 0.717) is 5.69 Å². The molecule has 0 spiro atoms. The first kappa shape index (κ1) is 17.8. The molecule has 2 aliphatic rings. The third kappa shape index (κ3) is 4.06. The van der Waals surface area contributed by atoms with E-state index >= 15 is 0 Å². The van der Waals surface area contributed by atoms with Crippen molar-refractivity contribution in [2.24, 2.45) is 0 Å². The Kier molecular flexibility index (Phi) is 5.25. The molecule has 3 heterocycles. The number of likely N-dealkylation sites (N-methyl/N-ethyl adjacent to an activating group) is 1. The van der Waals surface area contributed by atoms with E-state index in [9.17, 15) is 4.79 Å². The van der Waals surface area contributed by atoms with E-state index in [1.54, 1.807) is 0 Å². The van der Waals surface area contributed by atoms with Gasteiger partial charge in [-0.15, -0.1) is 0 Å². The van der Waals surface area contributed by atoms with Crippen LogP contribution in [0.1, 0.15) is 10.5 Å². The van der Waals surface area contributed by atoms with Gasteiger partial charge in [0, 0.05) is 58.0 Å². The highest BCUT2D eigenvalue weighted by Gasteiger charge is 2.22. The van der Waals surface area contributed by atoms with Crippen molar-refractivity contribution < 1.29 is 4.79 Å². The van der Waals surface area contributed by atoms with Gasteiger partial charge in [-0.2, -0.15) is 0 Å². The van der Waals surface area contributed by atoms with Crippen molar-refractivity contribution in [3.05, 3.63) is 54.4 Å². The molecule has 2 aromatic rings. The largest absolute Gasteiger partial charge is 0.368 e. The molecule has 0 unspecified atom stereocenters. The Bertz CT molecular complexity index is 748. The molecule has 1 amide bonds. The Labute approximate surface area is 161 Å². The van der Waals surface area contributed by atoms with Crippen LogP contribution in [0.2, 0.25) is 0 Å². The van der Waals surface area contributed by atoms with Crippen molar-refractivity contribution in [2.45, 2.75) is 0 Å². The number of benzene rings is 1. The molecule has 6 nitrogen and oxygen atoms in total. The molecule has 1 aromatic carbocycles. The van der Waals surface area contributed by atoms with E-state index in [1.807, 2.05) is 23.2 Å². The zero-order valence-electron chi connectivity index (χ0n) is 15.9. The molecule has 2 fully saturated rings. The molecule has 0 bridgehead atoms. The molecule has 0 N–H and O–H groups in total. The van der Waals surface area contributed by atoms with Crippen LogP contribution in [-0.2, 0) is 0 Å². The number of anilines is 2. The average molecular weight is 365 g/mol. The van der Waals surface area contributed by atoms with Crippen LogP contribution in [0.15, 0.2) is 48.7 Å². The van der Waals surface area contributed by atoms with Crippen LogP contribution in [0.3, 0.4) is 0 Å². The third-order valence-corrected chi connectivity index (χ3v) is 5.52. The number of aromatic nitrogens is 1. The lowest BCUT2D eigenvalue weighted by Gasteiger charge is -2.37. The molecule has 142 valence electrons. The van der Waals surface area contributed by atoms with Gasteiger partial charge in [0.15, 0.2) is 0 Å². The summed E-state index contributed by atoms with van der Waals surface area (Å²) >= 11 is 0. The highest BCUT2D eigenvalue weighted by atomic mass is 16.2. The van der Waals surface area contributed by atoms with Gasteiger partial charge >= 0.3 is 0 Å². The van der Waals surface area contributed by atoms with Gasteiger partial charge in [0.25, 0.3) is 5.91 Å². The van der Waals surface area contributed by atoms with Gasteiger partial charge in [-0.25, -0.2) is 4.98 Å². The minimum atomic E-state index is 0.0450. The van der Waals surface area contributed by atoms with E-state index in [2.05, 4.69) is 57.1 Å². The second-order valence-electron chi connectivity index (χ2n) is 7.31. The van der Waals surface area contributed by atoms with Gasteiger partial charge in [0.1, 0.15) is 5.69 Å². The summed E-state index contributed by atoms with van der Waals surface area (Å²) in [5.41, 5.74) is 2.92. The van der Waals surface area contributed by atoms with Crippen LogP contribution in [0, 0.1) is 0 Å². The van der Waals surface area contributed by atoms with E-state index in [1.165, 1.54) is 5.69 Å². The summed E-state index contributed by atoms with van der Waals surface area (Å²) in [7, 11) is 2.09. The predicted octanol–water partition coefficient (Wildman–Crippen LogP) is 1.80. The van der Waals surface area contributed by atoms with Crippen LogP contribution in [0.5, 0.6) is 0 Å². The lowest BCUT2D eigenvalue weighted by atomic mass is 10.2. The lowest BCUT2D eigenvalue weighted by molar-refractivity contribution is 0.0658. The summed E-state index contributed by atoms with van der Waals surface area (Å²) in [6.45, 7) is 7.31. The van der Waals surface area contributed by atoms with Crippen LogP contribution in [0.4, 0.5) is 11.4 Å². The Morgan fingerprint density at radius 3 is 2.00 bits per heavy atom. The second kappa shape index (κ2) is 7.96. The molecule has 0 atom stereocenters. The van der Waals surface area contributed by atoms with Gasteiger partial charge in [-0.1, -0.05) is 18.2 Å². The van der Waals surface area contributed by atoms with E-state index in [0.717, 1.165) is 58.0 Å². The Morgan fingerprint density at radius 2 is 1.41 bits per heavy atom. The number of rotatable bonds is 3. The molecule has 27 heavy (non-hydrogen) atoms. The van der Waals surface area contributed by atoms with Crippen LogP contribution < -0.4 is 9.80 Å². The minimum Gasteiger partial charge on any atom is -0.368 e. The third-order valence-electron chi connectivity index (χ3n) is 5.52.